The van der Waals surface area contributed by atoms with Crippen LogP contribution in [0.2, 0.25) is 0 Å². The molecule has 4 N–H and O–H groups in total. The third kappa shape index (κ3) is 12.7. The number of aromatic nitrogens is 4. The van der Waals surface area contributed by atoms with Gasteiger partial charge in [-0.05, 0) is 55.4 Å². The van der Waals surface area contributed by atoms with Crippen LogP contribution in [0.4, 0.5) is 9.93 Å². The van der Waals surface area contributed by atoms with Crippen LogP contribution in [0.3, 0.4) is 0 Å². The summed E-state index contributed by atoms with van der Waals surface area (Å²) >= 11 is 0.889. The Kier molecular flexibility index (Phi) is 12.6. The summed E-state index contributed by atoms with van der Waals surface area (Å²) in [5, 5.41) is 20.6. The van der Waals surface area contributed by atoms with Gasteiger partial charge in [0.05, 0.1) is 46.5 Å². The van der Waals surface area contributed by atoms with E-state index in [0.717, 1.165) is 11.3 Å². The van der Waals surface area contributed by atoms with Gasteiger partial charge in [-0.25, -0.2) is 23.6 Å². The molecule has 1 aliphatic rings. The van der Waals surface area contributed by atoms with Gasteiger partial charge in [0.2, 0.25) is 5.60 Å². The van der Waals surface area contributed by atoms with E-state index in [-0.39, 0.29) is 40.7 Å². The number of oxime groups is 1. The van der Waals surface area contributed by atoms with Gasteiger partial charge in [0.1, 0.15) is 28.6 Å². The van der Waals surface area contributed by atoms with Crippen molar-refractivity contribution in [1.82, 2.24) is 34.9 Å². The molecule has 0 spiro atoms. The van der Waals surface area contributed by atoms with Gasteiger partial charge in [-0.3, -0.25) is 24.3 Å². The minimum atomic E-state index is -5.09. The van der Waals surface area contributed by atoms with Crippen LogP contribution >= 0.6 is 11.3 Å². The highest BCUT2D eigenvalue weighted by molar-refractivity contribution is 7.84. The standard InChI is InChI=1S/C30H46N10O11S2/c1-28(2,3)49-25(44)30(7,8)51-36-21(18-16-52-26(32-18)34-27(45)50-29(4,5)6)23(42)33-22-19(39(24(22)43)53(46,47)48)14-38-13-17(35-37-38)12-31-20(41)15-40(9,10)11/h13,16,19,22H,12,14-15H2,1-11H3,(H3-,31,32,33,34,41,42,45,46,47,48)/p+1/b36-21-/t19-,22+/m1/s1. The van der Waals surface area contributed by atoms with E-state index < -0.39 is 68.8 Å². The molecular weight excluding hydrogens is 741 g/mol. The first kappa shape index (κ1) is 42.7. The number of thiazole rings is 1. The van der Waals surface area contributed by atoms with Gasteiger partial charge in [-0.15, -0.1) is 16.4 Å². The summed E-state index contributed by atoms with van der Waals surface area (Å²) in [7, 11) is 0.442. The molecule has 0 unspecified atom stereocenters. The van der Waals surface area contributed by atoms with Gasteiger partial charge < -0.3 is 29.4 Å². The molecule has 4 amide bonds. The molecule has 3 heterocycles. The van der Waals surface area contributed by atoms with Crippen molar-refractivity contribution in [2.24, 2.45) is 5.16 Å². The molecule has 1 aliphatic heterocycles. The Morgan fingerprint density at radius 2 is 1.66 bits per heavy atom. The van der Waals surface area contributed by atoms with E-state index in [9.17, 15) is 36.9 Å². The molecule has 2 aromatic rings. The van der Waals surface area contributed by atoms with E-state index in [1.807, 2.05) is 21.1 Å². The van der Waals surface area contributed by atoms with E-state index >= 15 is 0 Å². The van der Waals surface area contributed by atoms with Crippen LogP contribution < -0.4 is 16.0 Å². The van der Waals surface area contributed by atoms with Crippen molar-refractivity contribution in [3.63, 3.8) is 0 Å². The van der Waals surface area contributed by atoms with Crippen molar-refractivity contribution >= 4 is 62.3 Å². The fraction of sp³-hybridized carbons (Fsp3) is 0.633. The highest BCUT2D eigenvalue weighted by Crippen LogP contribution is 2.26. The van der Waals surface area contributed by atoms with E-state index in [1.165, 1.54) is 30.1 Å². The maximum Gasteiger partial charge on any atom is 0.413 e. The molecule has 1 fully saturated rings. The zero-order valence-electron chi connectivity index (χ0n) is 31.4. The number of β-lactam (4-membered cyclic amide) rings is 1. The second kappa shape index (κ2) is 15.7. The van der Waals surface area contributed by atoms with Gasteiger partial charge in [0, 0.05) is 5.38 Å². The molecule has 21 nitrogen and oxygen atoms in total. The molecule has 0 bridgehead atoms. The highest BCUT2D eigenvalue weighted by atomic mass is 32.2. The largest absolute Gasteiger partial charge is 0.457 e. The number of carbonyl (C=O) groups excluding carboxylic acids is 5. The Morgan fingerprint density at radius 1 is 1.04 bits per heavy atom. The molecule has 3 rings (SSSR count). The molecule has 294 valence electrons. The van der Waals surface area contributed by atoms with Gasteiger partial charge >= 0.3 is 22.4 Å². The Balaban J connectivity index is 1.89. The molecule has 1 saturated heterocycles. The van der Waals surface area contributed by atoms with Crippen molar-refractivity contribution < 1.29 is 55.7 Å². The fourth-order valence-electron chi connectivity index (χ4n) is 4.36. The number of quaternary nitrogens is 1. The molecule has 23 heteroatoms. The van der Waals surface area contributed by atoms with Gasteiger partial charge in [0.15, 0.2) is 17.4 Å². The van der Waals surface area contributed by atoms with Crippen molar-refractivity contribution in [3.05, 3.63) is 23.0 Å². The number of nitrogens with zero attached hydrogens (tertiary/aromatic N) is 7. The maximum atomic E-state index is 13.8. The van der Waals surface area contributed by atoms with Gasteiger partial charge in [-0.1, -0.05) is 10.4 Å². The molecule has 0 saturated carbocycles. The summed E-state index contributed by atoms with van der Waals surface area (Å²) in [5.41, 5.74) is -3.88. The van der Waals surface area contributed by atoms with E-state index in [4.69, 9.17) is 14.3 Å². The van der Waals surface area contributed by atoms with Crippen LogP contribution in [0.5, 0.6) is 0 Å². The van der Waals surface area contributed by atoms with Crippen LogP contribution in [0.25, 0.3) is 0 Å². The van der Waals surface area contributed by atoms with Crippen molar-refractivity contribution in [2.75, 3.05) is 33.0 Å². The predicted octanol–water partition coefficient (Wildman–Crippen LogP) is 0.444. The smallest absolute Gasteiger partial charge is 0.413 e. The topological polar surface area (TPSA) is 263 Å². The first-order chi connectivity index (χ1) is 24.0. The highest BCUT2D eigenvalue weighted by Gasteiger charge is 2.54. The van der Waals surface area contributed by atoms with Crippen LogP contribution in [0.15, 0.2) is 16.7 Å². The number of hydrogen-bond donors (Lipinski definition) is 4. The zero-order valence-corrected chi connectivity index (χ0v) is 33.0. The number of anilines is 1. The van der Waals surface area contributed by atoms with Crippen molar-refractivity contribution in [1.29, 1.82) is 0 Å². The molecular formula is C30H47N10O11S2+. The number of carbonyl (C=O) groups is 5. The van der Waals surface area contributed by atoms with Crippen LogP contribution in [0.1, 0.15) is 66.8 Å². The summed E-state index contributed by atoms with van der Waals surface area (Å²) in [6.07, 6.45) is 0.559. The normalized spacial score (nSPS) is 17.1. The summed E-state index contributed by atoms with van der Waals surface area (Å²) in [6.45, 7) is 12.4. The molecule has 0 aromatic carbocycles. The lowest BCUT2D eigenvalue weighted by atomic mass is 9.98. The van der Waals surface area contributed by atoms with Gasteiger partial charge in [0.25, 0.3) is 17.7 Å². The quantitative estimate of drug-likeness (QED) is 0.0506. The van der Waals surface area contributed by atoms with Crippen LogP contribution in [-0.2, 0) is 56.9 Å². The third-order valence-corrected chi connectivity index (χ3v) is 8.28. The number of esters is 1. The summed E-state index contributed by atoms with van der Waals surface area (Å²) < 4.78 is 46.5. The fourth-order valence-corrected chi connectivity index (χ4v) is 5.91. The van der Waals surface area contributed by atoms with Gasteiger partial charge in [-0.2, -0.15) is 8.42 Å². The van der Waals surface area contributed by atoms with Crippen molar-refractivity contribution in [2.45, 2.75) is 97.4 Å². The molecule has 0 aliphatic carbocycles. The van der Waals surface area contributed by atoms with E-state index in [1.54, 1.807) is 41.5 Å². The first-order valence-electron chi connectivity index (χ1n) is 16.1. The lowest BCUT2D eigenvalue weighted by molar-refractivity contribution is -0.862. The predicted molar refractivity (Wildman–Crippen MR) is 188 cm³/mol. The van der Waals surface area contributed by atoms with E-state index in [0.29, 0.717) is 10.2 Å². The summed E-state index contributed by atoms with van der Waals surface area (Å²) in [5.74, 6) is -3.35. The minimum absolute atomic E-state index is 0.00247. The summed E-state index contributed by atoms with van der Waals surface area (Å²) in [6, 6.07) is -2.95. The number of hydrogen-bond acceptors (Lipinski definition) is 15. The van der Waals surface area contributed by atoms with E-state index in [2.05, 4.69) is 36.4 Å². The minimum Gasteiger partial charge on any atom is -0.457 e. The second-order valence-electron chi connectivity index (χ2n) is 15.5. The monoisotopic (exact) mass is 787 g/mol. The Bertz CT molecular complexity index is 1850. The molecule has 0 radical (unpaired) electrons. The Hall–Kier alpha value is -4.74. The number of rotatable bonds is 14. The zero-order chi connectivity index (χ0) is 40.3. The van der Waals surface area contributed by atoms with Crippen LogP contribution in [0, 0.1) is 0 Å². The Labute approximate surface area is 310 Å². The maximum absolute atomic E-state index is 13.8. The Morgan fingerprint density at radius 3 is 2.23 bits per heavy atom. The number of nitrogens with one attached hydrogen (secondary N) is 3. The van der Waals surface area contributed by atoms with Crippen LogP contribution in [-0.4, -0.2) is 134 Å². The first-order valence-corrected chi connectivity index (χ1v) is 18.4. The second-order valence-corrected chi connectivity index (χ2v) is 17.6. The average Bonchev–Trinajstić information content (AvgIpc) is 3.60. The average molecular weight is 788 g/mol. The number of amides is 4. The SMILES string of the molecule is CC(C)(C)OC(=O)Nc1nc(/C(=N/OC(C)(C)C(=O)OC(C)(C)C)C(=O)N[C@@H]2C(=O)N(S(=O)(=O)O)[C@@H]2Cn2cc(CNC(=O)C[N+](C)(C)C)nn2)cs1. The molecule has 2 atom stereocenters. The number of likely N-dealkylation sites (N-methyl/N-ethyl adjacent to an activating group) is 1. The lowest BCUT2D eigenvalue weighted by Gasteiger charge is -2.43. The third-order valence-electron chi connectivity index (χ3n) is 6.57. The summed E-state index contributed by atoms with van der Waals surface area (Å²) in [4.78, 5) is 73.9. The molecule has 2 aromatic heterocycles. The lowest BCUT2D eigenvalue weighted by Crippen LogP contribution is -2.73. The van der Waals surface area contributed by atoms with Crippen molar-refractivity contribution in [3.8, 4) is 0 Å². The molecule has 53 heavy (non-hydrogen) atoms. The number of ether oxygens (including phenoxy) is 2.